The zero-order valence-corrected chi connectivity index (χ0v) is 21.5. The summed E-state index contributed by atoms with van der Waals surface area (Å²) in [6, 6.07) is 4.12. The van der Waals surface area contributed by atoms with Crippen molar-refractivity contribution in [1.29, 1.82) is 0 Å². The number of carbonyl (C=O) groups excluding carboxylic acids is 2. The Kier molecular flexibility index (Phi) is 3.75. The standard InChI is InChI=1S/C28H35N3O4/c1-16-9-13-31-21-25(4,5)27(15-26(21)10-11-28(16,31)23(33)30(26)6)17-7-8-18-20(19(17)29-22(27)32)34-14-12-24(2,3)35-18/h7-8,12,14,16,21H,9-11,13,15H2,1-6H3,(H,29,32)/t16-,21?,26+,27+,28+/m0/s1. The van der Waals surface area contributed by atoms with E-state index in [9.17, 15) is 9.59 Å². The zero-order chi connectivity index (χ0) is 24.8. The molecular weight excluding hydrogens is 442 g/mol. The van der Waals surface area contributed by atoms with Crippen molar-refractivity contribution in [1.82, 2.24) is 9.80 Å². The highest BCUT2D eigenvalue weighted by atomic mass is 16.5. The second-order valence-electron chi connectivity index (χ2n) is 12.9. The molecule has 7 aliphatic rings. The first-order chi connectivity index (χ1) is 16.4. The molecule has 1 aliphatic carbocycles. The average Bonchev–Trinajstić information content (AvgIpc) is 3.30. The Morgan fingerprint density at radius 2 is 1.89 bits per heavy atom. The van der Waals surface area contributed by atoms with Gasteiger partial charge in [-0.05, 0) is 69.7 Å². The number of nitrogens with one attached hydrogen (secondary N) is 1. The van der Waals surface area contributed by atoms with E-state index < -0.39 is 22.0 Å². The summed E-state index contributed by atoms with van der Waals surface area (Å²) in [5, 5.41) is 3.23. The monoisotopic (exact) mass is 477 g/mol. The normalized spacial score (nSPS) is 41.6. The Bertz CT molecular complexity index is 1240. The van der Waals surface area contributed by atoms with Gasteiger partial charge in [0.1, 0.15) is 11.1 Å². The quantitative estimate of drug-likeness (QED) is 0.615. The summed E-state index contributed by atoms with van der Waals surface area (Å²) in [7, 11) is 1.99. The summed E-state index contributed by atoms with van der Waals surface area (Å²) < 4.78 is 12.3. The fourth-order valence-electron chi connectivity index (χ4n) is 9.19. The number of rotatable bonds is 0. The molecule has 0 aromatic heterocycles. The third kappa shape index (κ3) is 2.12. The molecule has 3 spiro atoms. The van der Waals surface area contributed by atoms with Crippen LogP contribution in [0.25, 0.3) is 0 Å². The molecule has 4 saturated heterocycles. The number of carbonyl (C=O) groups is 2. The number of piperazine rings is 1. The minimum Gasteiger partial charge on any atom is -0.480 e. The van der Waals surface area contributed by atoms with Crippen LogP contribution in [0.5, 0.6) is 11.5 Å². The van der Waals surface area contributed by atoms with Gasteiger partial charge in [-0.3, -0.25) is 14.5 Å². The van der Waals surface area contributed by atoms with Crippen molar-refractivity contribution in [3.63, 3.8) is 0 Å². The molecule has 6 aliphatic heterocycles. The highest BCUT2D eigenvalue weighted by molar-refractivity contribution is 6.10. The Morgan fingerprint density at radius 3 is 2.66 bits per heavy atom. The first kappa shape index (κ1) is 21.7. The van der Waals surface area contributed by atoms with Gasteiger partial charge in [-0.2, -0.15) is 0 Å². The van der Waals surface area contributed by atoms with Crippen molar-refractivity contribution in [2.75, 3.05) is 18.9 Å². The topological polar surface area (TPSA) is 71.1 Å². The van der Waals surface area contributed by atoms with Crippen LogP contribution in [0.3, 0.4) is 0 Å². The van der Waals surface area contributed by atoms with Gasteiger partial charge in [0, 0.05) is 18.5 Å². The van der Waals surface area contributed by atoms with Crippen molar-refractivity contribution in [3.8, 4) is 11.5 Å². The highest BCUT2D eigenvalue weighted by Gasteiger charge is 2.81. The van der Waals surface area contributed by atoms with Crippen LogP contribution in [0, 0.1) is 11.3 Å². The summed E-state index contributed by atoms with van der Waals surface area (Å²) >= 11 is 0. The molecule has 8 rings (SSSR count). The van der Waals surface area contributed by atoms with Gasteiger partial charge in [-0.25, -0.2) is 0 Å². The van der Waals surface area contributed by atoms with E-state index in [-0.39, 0.29) is 23.4 Å². The highest BCUT2D eigenvalue weighted by Crippen LogP contribution is 2.71. The van der Waals surface area contributed by atoms with Crippen LogP contribution in [0.2, 0.25) is 0 Å². The molecule has 35 heavy (non-hydrogen) atoms. The van der Waals surface area contributed by atoms with E-state index in [1.807, 2.05) is 33.0 Å². The van der Waals surface area contributed by atoms with Gasteiger partial charge in [0.2, 0.25) is 11.8 Å². The van der Waals surface area contributed by atoms with Crippen LogP contribution in [0.1, 0.15) is 65.9 Å². The van der Waals surface area contributed by atoms with Gasteiger partial charge < -0.3 is 19.7 Å². The second-order valence-corrected chi connectivity index (χ2v) is 12.9. The van der Waals surface area contributed by atoms with E-state index in [0.717, 1.165) is 31.4 Å². The van der Waals surface area contributed by atoms with Gasteiger partial charge >= 0.3 is 0 Å². The summed E-state index contributed by atoms with van der Waals surface area (Å²) in [4.78, 5) is 32.7. The molecule has 6 heterocycles. The lowest BCUT2D eigenvalue weighted by Crippen LogP contribution is -2.81. The van der Waals surface area contributed by atoms with Crippen LogP contribution in [-0.2, 0) is 15.0 Å². The van der Waals surface area contributed by atoms with Crippen molar-refractivity contribution in [3.05, 3.63) is 30.0 Å². The van der Waals surface area contributed by atoms with E-state index in [1.165, 1.54) is 0 Å². The largest absolute Gasteiger partial charge is 0.480 e. The molecule has 1 aromatic carbocycles. The molecule has 186 valence electrons. The maximum absolute atomic E-state index is 14.2. The predicted octanol–water partition coefficient (Wildman–Crippen LogP) is 3.82. The summed E-state index contributed by atoms with van der Waals surface area (Å²) in [5.41, 5.74) is -0.786. The number of likely N-dealkylation sites (N-methyl/N-ethyl adjacent to an activating group) is 1. The number of ether oxygens (including phenoxy) is 2. The van der Waals surface area contributed by atoms with Gasteiger partial charge in [-0.1, -0.05) is 26.8 Å². The Hall–Kier alpha value is -2.54. The fourth-order valence-corrected chi connectivity index (χ4v) is 9.19. The van der Waals surface area contributed by atoms with E-state index in [2.05, 4.69) is 42.0 Å². The smallest absolute Gasteiger partial charge is 0.243 e. The van der Waals surface area contributed by atoms with E-state index in [1.54, 1.807) is 6.26 Å². The lowest BCUT2D eigenvalue weighted by Gasteiger charge is -2.66. The SMILES string of the molecule is C[C@H]1CCN2C3C(C)(C)[C@@]4(C[C@]35CC[C@]12C(=O)N5C)C(=O)Nc1c4ccc2c1OC=CC(C)(C)O2. The summed E-state index contributed by atoms with van der Waals surface area (Å²) in [6.45, 7) is 11.6. The number of nitrogens with zero attached hydrogens (tertiary/aromatic N) is 2. The maximum Gasteiger partial charge on any atom is 0.243 e. The number of benzene rings is 1. The summed E-state index contributed by atoms with van der Waals surface area (Å²) in [6.07, 6.45) is 7.02. The number of hydrogen-bond acceptors (Lipinski definition) is 5. The third-order valence-corrected chi connectivity index (χ3v) is 10.8. The fraction of sp³-hybridized carbons (Fsp3) is 0.643. The van der Waals surface area contributed by atoms with Crippen LogP contribution >= 0.6 is 0 Å². The molecule has 1 unspecified atom stereocenters. The lowest BCUT2D eigenvalue weighted by molar-refractivity contribution is -0.192. The van der Waals surface area contributed by atoms with E-state index >= 15 is 0 Å². The van der Waals surface area contributed by atoms with Crippen molar-refractivity contribution < 1.29 is 19.1 Å². The maximum atomic E-state index is 14.2. The number of amides is 2. The molecule has 7 heteroatoms. The molecule has 1 aromatic rings. The molecule has 5 atom stereocenters. The number of anilines is 1. The lowest BCUT2D eigenvalue weighted by atomic mass is 9.61. The number of hydrogen-bond donors (Lipinski definition) is 1. The Morgan fingerprint density at radius 1 is 1.11 bits per heavy atom. The molecular formula is C28H35N3O4. The molecule has 1 saturated carbocycles. The summed E-state index contributed by atoms with van der Waals surface area (Å²) in [5.74, 6) is 1.78. The zero-order valence-electron chi connectivity index (χ0n) is 21.5. The first-order valence-corrected chi connectivity index (χ1v) is 13.0. The van der Waals surface area contributed by atoms with Crippen LogP contribution in [0.15, 0.2) is 24.5 Å². The molecule has 7 nitrogen and oxygen atoms in total. The minimum absolute atomic E-state index is 0.0105. The predicted molar refractivity (Wildman–Crippen MR) is 131 cm³/mol. The van der Waals surface area contributed by atoms with Gasteiger partial charge in [0.25, 0.3) is 0 Å². The van der Waals surface area contributed by atoms with E-state index in [0.29, 0.717) is 29.5 Å². The van der Waals surface area contributed by atoms with Crippen LogP contribution < -0.4 is 14.8 Å². The second kappa shape index (κ2) is 6.05. The number of fused-ring (bicyclic) bond motifs is 6. The van der Waals surface area contributed by atoms with Crippen molar-refractivity contribution >= 4 is 17.5 Å². The number of piperidine rings is 2. The van der Waals surface area contributed by atoms with Gasteiger partial charge in [-0.15, -0.1) is 0 Å². The van der Waals surface area contributed by atoms with E-state index in [4.69, 9.17) is 9.47 Å². The van der Waals surface area contributed by atoms with Crippen molar-refractivity contribution in [2.24, 2.45) is 11.3 Å². The van der Waals surface area contributed by atoms with Crippen molar-refractivity contribution in [2.45, 2.75) is 88.4 Å². The molecule has 2 amide bonds. The Balaban J connectivity index is 1.44. The molecule has 0 radical (unpaired) electrons. The molecule has 2 bridgehead atoms. The molecule has 5 fully saturated rings. The average molecular weight is 478 g/mol. The minimum atomic E-state index is -0.766. The first-order valence-electron chi connectivity index (χ1n) is 13.0. The Labute approximate surface area is 206 Å². The molecule has 1 N–H and O–H groups in total. The van der Waals surface area contributed by atoms with Crippen LogP contribution in [0.4, 0.5) is 5.69 Å². The van der Waals surface area contributed by atoms with Crippen LogP contribution in [-0.4, -0.2) is 57.9 Å². The van der Waals surface area contributed by atoms with Gasteiger partial charge in [0.05, 0.1) is 22.9 Å². The van der Waals surface area contributed by atoms with Gasteiger partial charge in [0.15, 0.2) is 11.5 Å². The third-order valence-electron chi connectivity index (χ3n) is 10.8.